The maximum Gasteiger partial charge on any atom is 0.138 e. The zero-order chi connectivity index (χ0) is 16.2. The smallest absolute Gasteiger partial charge is 0.138 e. The third kappa shape index (κ3) is 6.58. The van der Waals surface area contributed by atoms with Crippen LogP contribution >= 0.6 is 0 Å². The van der Waals surface area contributed by atoms with Gasteiger partial charge in [-0.15, -0.1) is 6.58 Å². The molecule has 1 aromatic rings. The van der Waals surface area contributed by atoms with Crippen LogP contribution in [0.3, 0.4) is 0 Å². The Morgan fingerprint density at radius 2 is 2.05 bits per heavy atom. The number of hydrogen-bond acceptors (Lipinski definition) is 4. The summed E-state index contributed by atoms with van der Waals surface area (Å²) in [6.07, 6.45) is 8.05. The average molecular weight is 307 g/mol. The van der Waals surface area contributed by atoms with Gasteiger partial charge in [0.05, 0.1) is 18.9 Å². The van der Waals surface area contributed by atoms with Crippen molar-refractivity contribution in [3.63, 3.8) is 0 Å². The van der Waals surface area contributed by atoms with Crippen molar-refractivity contribution in [2.75, 3.05) is 20.3 Å². The molecule has 1 aromatic heterocycles. The molecule has 1 fully saturated rings. The van der Waals surface area contributed by atoms with E-state index in [0.717, 1.165) is 43.7 Å². The zero-order valence-electron chi connectivity index (χ0n) is 14.1. The number of aryl methyl sites for hydroxylation is 1. The molecule has 4 nitrogen and oxygen atoms in total. The van der Waals surface area contributed by atoms with Crippen LogP contribution in [-0.4, -0.2) is 37.5 Å². The molecular formula is C18H29NO3. The van der Waals surface area contributed by atoms with Gasteiger partial charge in [-0.1, -0.05) is 19.9 Å². The fourth-order valence-electron chi connectivity index (χ4n) is 2.15. The number of rotatable bonds is 9. The quantitative estimate of drug-likeness (QED) is 0.514. The van der Waals surface area contributed by atoms with Gasteiger partial charge in [-0.2, -0.15) is 0 Å². The summed E-state index contributed by atoms with van der Waals surface area (Å²) < 4.78 is 16.4. The van der Waals surface area contributed by atoms with Crippen LogP contribution in [0.4, 0.5) is 0 Å². The lowest BCUT2D eigenvalue weighted by Crippen LogP contribution is -2.38. The van der Waals surface area contributed by atoms with Crippen molar-refractivity contribution in [3.05, 3.63) is 36.7 Å². The number of ether oxygens (including phenoxy) is 3. The van der Waals surface area contributed by atoms with E-state index in [2.05, 4.69) is 11.6 Å². The highest BCUT2D eigenvalue weighted by Crippen LogP contribution is 2.27. The minimum absolute atomic E-state index is 0.278. The predicted octanol–water partition coefficient (Wildman–Crippen LogP) is 3.80. The summed E-state index contributed by atoms with van der Waals surface area (Å²) in [4.78, 5) is 4.42. The molecular weight excluding hydrogens is 278 g/mol. The van der Waals surface area contributed by atoms with Crippen molar-refractivity contribution in [1.29, 1.82) is 0 Å². The topological polar surface area (TPSA) is 40.6 Å². The van der Waals surface area contributed by atoms with E-state index < -0.39 is 0 Å². The van der Waals surface area contributed by atoms with Crippen LogP contribution in [0.2, 0.25) is 0 Å². The van der Waals surface area contributed by atoms with E-state index in [9.17, 15) is 0 Å². The van der Waals surface area contributed by atoms with Gasteiger partial charge >= 0.3 is 0 Å². The lowest BCUT2D eigenvalue weighted by atomic mass is 9.92. The van der Waals surface area contributed by atoms with E-state index in [1.165, 1.54) is 0 Å². The van der Waals surface area contributed by atoms with E-state index >= 15 is 0 Å². The number of nitrogens with zero attached hydrogens (tertiary/aromatic N) is 1. The zero-order valence-corrected chi connectivity index (χ0v) is 14.1. The summed E-state index contributed by atoms with van der Waals surface area (Å²) in [5.41, 5.74) is 1.07. The maximum atomic E-state index is 5.82. The monoisotopic (exact) mass is 307 g/mol. The lowest BCUT2D eigenvalue weighted by Gasteiger charge is -2.34. The molecule has 0 unspecified atom stereocenters. The molecule has 0 bridgehead atoms. The molecule has 4 heteroatoms. The van der Waals surface area contributed by atoms with Crippen LogP contribution < -0.4 is 4.74 Å². The minimum atomic E-state index is 0.278. The largest absolute Gasteiger partial charge is 0.489 e. The van der Waals surface area contributed by atoms with Crippen LogP contribution in [0.1, 0.15) is 38.8 Å². The van der Waals surface area contributed by atoms with Gasteiger partial charge in [0.25, 0.3) is 0 Å². The standard InChI is InChI=1S/C16H23NO3.C2H6/c1-3-8-19-9-4-5-13-6-7-14(12-17-13)20-16-10-15(11-16)18-2;1-2/h3,6-7,12,15-16H,1,4-5,8-11H2,2H3;1-2H3. The van der Waals surface area contributed by atoms with Gasteiger partial charge in [-0.3, -0.25) is 4.98 Å². The lowest BCUT2D eigenvalue weighted by molar-refractivity contribution is -0.0382. The Hall–Kier alpha value is -1.39. The molecule has 0 aromatic carbocycles. The maximum absolute atomic E-state index is 5.82. The fourth-order valence-corrected chi connectivity index (χ4v) is 2.15. The van der Waals surface area contributed by atoms with Gasteiger partial charge < -0.3 is 14.2 Å². The highest BCUT2D eigenvalue weighted by molar-refractivity contribution is 5.20. The van der Waals surface area contributed by atoms with E-state index in [1.54, 1.807) is 19.4 Å². The van der Waals surface area contributed by atoms with E-state index in [-0.39, 0.29) is 6.10 Å². The average Bonchev–Trinajstić information content (AvgIpc) is 2.53. The molecule has 1 heterocycles. The van der Waals surface area contributed by atoms with Crippen molar-refractivity contribution in [2.24, 2.45) is 0 Å². The summed E-state index contributed by atoms with van der Waals surface area (Å²) >= 11 is 0. The van der Waals surface area contributed by atoms with Gasteiger partial charge in [0, 0.05) is 32.3 Å². The summed E-state index contributed by atoms with van der Waals surface area (Å²) in [6.45, 7) is 8.97. The Kier molecular flexibility index (Phi) is 9.51. The molecule has 124 valence electrons. The number of hydrogen-bond donors (Lipinski definition) is 0. The second-order valence-electron chi connectivity index (χ2n) is 5.02. The molecule has 0 radical (unpaired) electrons. The van der Waals surface area contributed by atoms with E-state index in [4.69, 9.17) is 14.2 Å². The van der Waals surface area contributed by atoms with Gasteiger partial charge in [-0.05, 0) is 25.0 Å². The summed E-state index contributed by atoms with van der Waals surface area (Å²) in [5, 5.41) is 0. The van der Waals surface area contributed by atoms with Crippen molar-refractivity contribution in [3.8, 4) is 5.75 Å². The van der Waals surface area contributed by atoms with Crippen molar-refractivity contribution < 1.29 is 14.2 Å². The normalized spacial score (nSPS) is 19.6. The molecule has 1 aliphatic carbocycles. The molecule has 2 rings (SSSR count). The van der Waals surface area contributed by atoms with Crippen LogP contribution in [-0.2, 0) is 15.9 Å². The first-order chi connectivity index (χ1) is 10.8. The Labute approximate surface area is 134 Å². The molecule has 0 saturated heterocycles. The van der Waals surface area contributed by atoms with Crippen LogP contribution in [0.25, 0.3) is 0 Å². The van der Waals surface area contributed by atoms with E-state index in [0.29, 0.717) is 12.7 Å². The van der Waals surface area contributed by atoms with Crippen molar-refractivity contribution in [1.82, 2.24) is 4.98 Å². The van der Waals surface area contributed by atoms with Gasteiger partial charge in [0.2, 0.25) is 0 Å². The van der Waals surface area contributed by atoms with Crippen molar-refractivity contribution in [2.45, 2.75) is 51.7 Å². The van der Waals surface area contributed by atoms with Crippen LogP contribution in [0, 0.1) is 0 Å². The van der Waals surface area contributed by atoms with Gasteiger partial charge in [0.1, 0.15) is 11.9 Å². The van der Waals surface area contributed by atoms with Crippen LogP contribution in [0.15, 0.2) is 31.0 Å². The van der Waals surface area contributed by atoms with Crippen LogP contribution in [0.5, 0.6) is 5.75 Å². The number of methoxy groups -OCH3 is 1. The minimum Gasteiger partial charge on any atom is -0.489 e. The predicted molar refractivity (Wildman–Crippen MR) is 89.4 cm³/mol. The molecule has 0 N–H and O–H groups in total. The Morgan fingerprint density at radius 1 is 1.27 bits per heavy atom. The molecule has 1 aliphatic rings. The Bertz CT molecular complexity index is 399. The van der Waals surface area contributed by atoms with E-state index in [1.807, 2.05) is 26.0 Å². The van der Waals surface area contributed by atoms with Gasteiger partial charge in [0.15, 0.2) is 0 Å². The molecule has 0 atom stereocenters. The second kappa shape index (κ2) is 11.2. The highest BCUT2D eigenvalue weighted by atomic mass is 16.5. The molecule has 0 spiro atoms. The summed E-state index contributed by atoms with van der Waals surface area (Å²) in [6, 6.07) is 4.02. The highest BCUT2D eigenvalue weighted by Gasteiger charge is 2.30. The van der Waals surface area contributed by atoms with Gasteiger partial charge in [-0.25, -0.2) is 0 Å². The fraction of sp³-hybridized carbons (Fsp3) is 0.611. The Balaban J connectivity index is 0.00000116. The third-order valence-electron chi connectivity index (χ3n) is 3.44. The molecule has 0 amide bonds. The second-order valence-corrected chi connectivity index (χ2v) is 5.02. The first kappa shape index (κ1) is 18.7. The summed E-state index contributed by atoms with van der Waals surface area (Å²) in [5.74, 6) is 0.844. The summed E-state index contributed by atoms with van der Waals surface area (Å²) in [7, 11) is 1.75. The molecule has 1 saturated carbocycles. The molecule has 0 aliphatic heterocycles. The first-order valence-electron chi connectivity index (χ1n) is 8.15. The number of pyridine rings is 1. The SMILES string of the molecule is C=CCOCCCc1ccc(OC2CC(OC)C2)cn1.CC. The molecule has 22 heavy (non-hydrogen) atoms. The third-order valence-corrected chi connectivity index (χ3v) is 3.44. The first-order valence-corrected chi connectivity index (χ1v) is 8.15. The van der Waals surface area contributed by atoms with Crippen molar-refractivity contribution >= 4 is 0 Å². The Morgan fingerprint density at radius 3 is 2.64 bits per heavy atom. The number of aromatic nitrogens is 1.